The fourth-order valence-corrected chi connectivity index (χ4v) is 0.833. The monoisotopic (exact) mass is 200 g/mol. The van der Waals surface area contributed by atoms with Gasteiger partial charge in [-0.3, -0.25) is 0 Å². The summed E-state index contributed by atoms with van der Waals surface area (Å²) in [6, 6.07) is 0. The average molecular weight is 201 g/mol. The third-order valence-corrected chi connectivity index (χ3v) is 1.75. The third kappa shape index (κ3) is 4.57. The van der Waals surface area contributed by atoms with Crippen molar-refractivity contribution in [1.82, 2.24) is 0 Å². The summed E-state index contributed by atoms with van der Waals surface area (Å²) in [5.41, 5.74) is 2.35. The molecule has 0 atom stereocenters. The first-order valence-corrected chi connectivity index (χ1v) is 4.37. The number of halogens is 1. The SMILES string of the molecule is C=C(/C=C(C)/C=C/C)CBr. The van der Waals surface area contributed by atoms with Crippen LogP contribution in [-0.4, -0.2) is 5.33 Å². The lowest BCUT2D eigenvalue weighted by molar-refractivity contribution is 1.45. The Labute approximate surface area is 71.5 Å². The minimum Gasteiger partial charge on any atom is -0.0950 e. The Kier molecular flexibility index (Phi) is 5.32. The van der Waals surface area contributed by atoms with Crippen LogP contribution >= 0.6 is 15.9 Å². The maximum absolute atomic E-state index is 3.84. The molecule has 0 rings (SSSR count). The number of allylic oxidation sites excluding steroid dienone is 5. The second kappa shape index (κ2) is 5.48. The van der Waals surface area contributed by atoms with E-state index in [2.05, 4.69) is 41.6 Å². The summed E-state index contributed by atoms with van der Waals surface area (Å²) < 4.78 is 0. The summed E-state index contributed by atoms with van der Waals surface area (Å²) in [5.74, 6) is 0. The van der Waals surface area contributed by atoms with E-state index in [1.165, 1.54) is 5.57 Å². The molecule has 0 bridgehead atoms. The van der Waals surface area contributed by atoms with E-state index < -0.39 is 0 Å². The maximum Gasteiger partial charge on any atom is 0.0277 e. The van der Waals surface area contributed by atoms with Crippen LogP contribution in [0.25, 0.3) is 0 Å². The van der Waals surface area contributed by atoms with E-state index in [9.17, 15) is 0 Å². The van der Waals surface area contributed by atoms with Gasteiger partial charge >= 0.3 is 0 Å². The van der Waals surface area contributed by atoms with E-state index in [4.69, 9.17) is 0 Å². The predicted molar refractivity (Wildman–Crippen MR) is 51.5 cm³/mol. The Morgan fingerprint density at radius 1 is 1.60 bits per heavy atom. The molecule has 0 aliphatic carbocycles. The summed E-state index contributed by atoms with van der Waals surface area (Å²) in [4.78, 5) is 0. The van der Waals surface area contributed by atoms with Gasteiger partial charge in [0.1, 0.15) is 0 Å². The summed E-state index contributed by atoms with van der Waals surface area (Å²) in [6.07, 6.45) is 6.15. The van der Waals surface area contributed by atoms with E-state index in [0.29, 0.717) is 0 Å². The van der Waals surface area contributed by atoms with Crippen LogP contribution in [0.15, 0.2) is 36.0 Å². The largest absolute Gasteiger partial charge is 0.0950 e. The first kappa shape index (κ1) is 9.70. The third-order valence-electron chi connectivity index (χ3n) is 1.03. The van der Waals surface area contributed by atoms with Crippen LogP contribution in [-0.2, 0) is 0 Å². The van der Waals surface area contributed by atoms with Crippen LogP contribution in [0.3, 0.4) is 0 Å². The summed E-state index contributed by atoms with van der Waals surface area (Å²) >= 11 is 3.33. The average Bonchev–Trinajstić information content (AvgIpc) is 1.88. The molecule has 0 aliphatic rings. The highest BCUT2D eigenvalue weighted by molar-refractivity contribution is 9.09. The zero-order valence-corrected chi connectivity index (χ0v) is 8.11. The van der Waals surface area contributed by atoms with Crippen molar-refractivity contribution >= 4 is 15.9 Å². The fourth-order valence-electron chi connectivity index (χ4n) is 0.672. The second-order valence-corrected chi connectivity index (χ2v) is 2.74. The molecule has 10 heavy (non-hydrogen) atoms. The van der Waals surface area contributed by atoms with Gasteiger partial charge in [-0.15, -0.1) is 0 Å². The number of alkyl halides is 1. The molecule has 0 amide bonds. The first-order chi connectivity index (χ1) is 4.70. The first-order valence-electron chi connectivity index (χ1n) is 3.25. The molecule has 0 aliphatic heterocycles. The van der Waals surface area contributed by atoms with Crippen molar-refractivity contribution in [1.29, 1.82) is 0 Å². The van der Waals surface area contributed by atoms with Gasteiger partial charge in [-0.05, 0) is 19.4 Å². The van der Waals surface area contributed by atoms with Crippen LogP contribution in [0.2, 0.25) is 0 Å². The van der Waals surface area contributed by atoms with E-state index in [0.717, 1.165) is 10.9 Å². The molecule has 0 aromatic carbocycles. The lowest BCUT2D eigenvalue weighted by atomic mass is 10.2. The zero-order valence-electron chi connectivity index (χ0n) is 6.52. The summed E-state index contributed by atoms with van der Waals surface area (Å²) in [5, 5.41) is 0.849. The normalized spacial score (nSPS) is 12.5. The van der Waals surface area contributed by atoms with E-state index in [1.54, 1.807) is 0 Å². The molecule has 0 saturated heterocycles. The standard InChI is InChI=1S/C9H13Br/c1-4-5-8(2)6-9(3)7-10/h4-6H,3,7H2,1-2H3/b5-4+,8-6+. The van der Waals surface area contributed by atoms with Crippen LogP contribution in [0.4, 0.5) is 0 Å². The Hall–Kier alpha value is -0.300. The smallest absolute Gasteiger partial charge is 0.0277 e. The Morgan fingerprint density at radius 2 is 2.20 bits per heavy atom. The molecular formula is C9H13Br. The molecule has 0 N–H and O–H groups in total. The van der Waals surface area contributed by atoms with Gasteiger partial charge in [0.2, 0.25) is 0 Å². The quantitative estimate of drug-likeness (QED) is 0.484. The van der Waals surface area contributed by atoms with Crippen LogP contribution in [0, 0.1) is 0 Å². The molecular weight excluding hydrogens is 188 g/mol. The van der Waals surface area contributed by atoms with Crippen LogP contribution < -0.4 is 0 Å². The van der Waals surface area contributed by atoms with Gasteiger partial charge < -0.3 is 0 Å². The highest BCUT2D eigenvalue weighted by Gasteiger charge is 1.84. The molecule has 0 unspecified atom stereocenters. The molecule has 0 aromatic rings. The molecule has 0 heterocycles. The highest BCUT2D eigenvalue weighted by atomic mass is 79.9. The lowest BCUT2D eigenvalue weighted by Gasteiger charge is -1.92. The van der Waals surface area contributed by atoms with Crippen molar-refractivity contribution in [2.45, 2.75) is 13.8 Å². The van der Waals surface area contributed by atoms with Crippen molar-refractivity contribution in [2.75, 3.05) is 5.33 Å². The predicted octanol–water partition coefficient (Wildman–Crippen LogP) is 3.46. The van der Waals surface area contributed by atoms with Gasteiger partial charge in [-0.1, -0.05) is 46.3 Å². The van der Waals surface area contributed by atoms with Gasteiger partial charge in [0, 0.05) is 5.33 Å². The van der Waals surface area contributed by atoms with Gasteiger partial charge in [0.05, 0.1) is 0 Å². The Bertz CT molecular complexity index is 164. The van der Waals surface area contributed by atoms with Gasteiger partial charge in [0.15, 0.2) is 0 Å². The Morgan fingerprint density at radius 3 is 2.60 bits per heavy atom. The highest BCUT2D eigenvalue weighted by Crippen LogP contribution is 2.03. The van der Waals surface area contributed by atoms with Crippen molar-refractivity contribution in [3.05, 3.63) is 36.0 Å². The van der Waals surface area contributed by atoms with Crippen LogP contribution in [0.1, 0.15) is 13.8 Å². The Balaban J connectivity index is 4.02. The van der Waals surface area contributed by atoms with Gasteiger partial charge in [-0.25, -0.2) is 0 Å². The van der Waals surface area contributed by atoms with Crippen LogP contribution in [0.5, 0.6) is 0 Å². The molecule has 0 saturated carbocycles. The zero-order chi connectivity index (χ0) is 7.98. The van der Waals surface area contributed by atoms with E-state index in [-0.39, 0.29) is 0 Å². The molecule has 0 spiro atoms. The minimum absolute atomic E-state index is 0.849. The fraction of sp³-hybridized carbons (Fsp3) is 0.333. The van der Waals surface area contributed by atoms with Gasteiger partial charge in [0.25, 0.3) is 0 Å². The minimum atomic E-state index is 0.849. The van der Waals surface area contributed by atoms with Crippen molar-refractivity contribution in [3.8, 4) is 0 Å². The number of hydrogen-bond acceptors (Lipinski definition) is 0. The second-order valence-electron chi connectivity index (χ2n) is 2.18. The van der Waals surface area contributed by atoms with Crippen molar-refractivity contribution in [3.63, 3.8) is 0 Å². The molecule has 56 valence electrons. The van der Waals surface area contributed by atoms with E-state index in [1.807, 2.05) is 13.0 Å². The molecule has 1 heteroatoms. The lowest BCUT2D eigenvalue weighted by Crippen LogP contribution is -1.76. The van der Waals surface area contributed by atoms with E-state index >= 15 is 0 Å². The molecule has 0 nitrogen and oxygen atoms in total. The van der Waals surface area contributed by atoms with Crippen molar-refractivity contribution < 1.29 is 0 Å². The maximum atomic E-state index is 3.84. The summed E-state index contributed by atoms with van der Waals surface area (Å²) in [6.45, 7) is 7.91. The number of hydrogen-bond donors (Lipinski definition) is 0. The number of rotatable bonds is 3. The molecule has 0 fully saturated rings. The summed E-state index contributed by atoms with van der Waals surface area (Å²) in [7, 11) is 0. The molecule has 0 radical (unpaired) electrons. The molecule has 0 aromatic heterocycles. The van der Waals surface area contributed by atoms with Gasteiger partial charge in [-0.2, -0.15) is 0 Å². The van der Waals surface area contributed by atoms with Crippen molar-refractivity contribution in [2.24, 2.45) is 0 Å². The topological polar surface area (TPSA) is 0 Å².